The number of amides is 1. The molecule has 5 heteroatoms. The van der Waals surface area contributed by atoms with Crippen molar-refractivity contribution in [3.8, 4) is 0 Å². The third kappa shape index (κ3) is 4.62. The minimum absolute atomic E-state index is 0.0658. The molecule has 1 fully saturated rings. The molecule has 0 radical (unpaired) electrons. The van der Waals surface area contributed by atoms with Gasteiger partial charge in [0.15, 0.2) is 0 Å². The highest BCUT2D eigenvalue weighted by Gasteiger charge is 2.18. The maximum atomic E-state index is 11.9. The molecule has 1 aromatic rings. The van der Waals surface area contributed by atoms with Crippen molar-refractivity contribution < 1.29 is 14.7 Å². The second kappa shape index (κ2) is 7.29. The van der Waals surface area contributed by atoms with Crippen molar-refractivity contribution in [2.24, 2.45) is 11.8 Å². The number of carboxylic acids is 1. The van der Waals surface area contributed by atoms with Gasteiger partial charge in [-0.05, 0) is 30.4 Å². The Morgan fingerprint density at radius 2 is 2.05 bits per heavy atom. The van der Waals surface area contributed by atoms with Crippen LogP contribution in [-0.4, -0.2) is 28.1 Å². The second-order valence-corrected chi connectivity index (χ2v) is 6.09. The lowest BCUT2D eigenvalue weighted by atomic mass is 9.81. The Labute approximate surface area is 125 Å². The Kier molecular flexibility index (Phi) is 5.42. The Bertz CT molecular complexity index is 487. The van der Waals surface area contributed by atoms with Crippen LogP contribution in [0.15, 0.2) is 18.3 Å². The van der Waals surface area contributed by atoms with Gasteiger partial charge >= 0.3 is 5.97 Å². The summed E-state index contributed by atoms with van der Waals surface area (Å²) in [6.07, 6.45) is 7.75. The van der Waals surface area contributed by atoms with E-state index in [0.29, 0.717) is 6.54 Å². The fraction of sp³-hybridized carbons (Fsp3) is 0.625. The van der Waals surface area contributed by atoms with Crippen molar-refractivity contribution in [3.05, 3.63) is 24.0 Å². The van der Waals surface area contributed by atoms with E-state index in [1.54, 1.807) is 12.3 Å². The molecular formula is C16H24N2O3. The smallest absolute Gasteiger partial charge is 0.352 e. The standard InChI is InChI=1S/C16H24N2O3/c1-12-4-6-13(7-5-12)8-9-17-15(19)11-18-10-2-3-14(18)16(20)21/h2-3,10,12-13H,4-9,11H2,1H3,(H,17,19)(H,20,21). The molecule has 1 heterocycles. The van der Waals surface area contributed by atoms with Gasteiger partial charge in [0, 0.05) is 12.7 Å². The van der Waals surface area contributed by atoms with E-state index < -0.39 is 5.97 Å². The summed E-state index contributed by atoms with van der Waals surface area (Å²) in [6, 6.07) is 3.14. The maximum absolute atomic E-state index is 11.9. The fourth-order valence-corrected chi connectivity index (χ4v) is 2.99. The molecule has 0 unspecified atom stereocenters. The second-order valence-electron chi connectivity index (χ2n) is 6.09. The van der Waals surface area contributed by atoms with Crippen LogP contribution < -0.4 is 5.32 Å². The average molecular weight is 292 g/mol. The number of hydrogen-bond acceptors (Lipinski definition) is 2. The number of carbonyl (C=O) groups is 2. The van der Waals surface area contributed by atoms with Gasteiger partial charge in [0.05, 0.1) is 0 Å². The van der Waals surface area contributed by atoms with Crippen LogP contribution in [0, 0.1) is 11.8 Å². The van der Waals surface area contributed by atoms with Crippen molar-refractivity contribution in [2.75, 3.05) is 6.54 Å². The quantitative estimate of drug-likeness (QED) is 0.846. The number of hydrogen-bond donors (Lipinski definition) is 2. The lowest BCUT2D eigenvalue weighted by Crippen LogP contribution is -2.30. The van der Waals surface area contributed by atoms with Gasteiger partial charge in [0.1, 0.15) is 12.2 Å². The topological polar surface area (TPSA) is 71.3 Å². The van der Waals surface area contributed by atoms with Gasteiger partial charge in [-0.2, -0.15) is 0 Å². The van der Waals surface area contributed by atoms with E-state index in [4.69, 9.17) is 5.11 Å². The Balaban J connectivity index is 1.70. The summed E-state index contributed by atoms with van der Waals surface area (Å²) >= 11 is 0. The van der Waals surface area contributed by atoms with Crippen molar-refractivity contribution >= 4 is 11.9 Å². The van der Waals surface area contributed by atoms with Crippen LogP contribution in [0.2, 0.25) is 0 Å². The van der Waals surface area contributed by atoms with Crippen LogP contribution in [0.3, 0.4) is 0 Å². The van der Waals surface area contributed by atoms with E-state index >= 15 is 0 Å². The largest absolute Gasteiger partial charge is 0.477 e. The molecule has 0 aliphatic heterocycles. The summed E-state index contributed by atoms with van der Waals surface area (Å²) in [5.74, 6) is 0.434. The monoisotopic (exact) mass is 292 g/mol. The Hall–Kier alpha value is -1.78. The van der Waals surface area contributed by atoms with Gasteiger partial charge in [-0.1, -0.05) is 32.6 Å². The molecule has 1 amide bonds. The average Bonchev–Trinajstić information content (AvgIpc) is 2.89. The zero-order valence-corrected chi connectivity index (χ0v) is 12.5. The van der Waals surface area contributed by atoms with E-state index in [-0.39, 0.29) is 18.1 Å². The molecule has 5 nitrogen and oxygen atoms in total. The molecule has 0 bridgehead atoms. The fourth-order valence-electron chi connectivity index (χ4n) is 2.99. The first-order chi connectivity index (χ1) is 10.1. The summed E-state index contributed by atoms with van der Waals surface area (Å²) in [6.45, 7) is 3.05. The normalized spacial score (nSPS) is 22.0. The molecule has 1 aliphatic carbocycles. The molecule has 1 saturated carbocycles. The van der Waals surface area contributed by atoms with Crippen LogP contribution >= 0.6 is 0 Å². The molecule has 1 aliphatic rings. The summed E-state index contributed by atoms with van der Waals surface area (Å²) in [5, 5.41) is 11.9. The maximum Gasteiger partial charge on any atom is 0.352 e. The highest BCUT2D eigenvalue weighted by molar-refractivity contribution is 5.86. The first-order valence-electron chi connectivity index (χ1n) is 7.71. The zero-order valence-electron chi connectivity index (χ0n) is 12.5. The van der Waals surface area contributed by atoms with Gasteiger partial charge in [-0.25, -0.2) is 4.79 Å². The first-order valence-corrected chi connectivity index (χ1v) is 7.71. The first kappa shape index (κ1) is 15.6. The SMILES string of the molecule is CC1CCC(CCNC(=O)Cn2cccc2C(=O)O)CC1. The zero-order chi connectivity index (χ0) is 15.2. The number of rotatable bonds is 6. The molecule has 0 atom stereocenters. The molecule has 2 rings (SSSR count). The number of carboxylic acid groups (broad SMARTS) is 1. The van der Waals surface area contributed by atoms with Gasteiger partial charge in [-0.15, -0.1) is 0 Å². The van der Waals surface area contributed by atoms with Gasteiger partial charge in [0.25, 0.3) is 0 Å². The van der Waals surface area contributed by atoms with Crippen molar-refractivity contribution in [1.82, 2.24) is 9.88 Å². The lowest BCUT2D eigenvalue weighted by Gasteiger charge is -2.26. The Morgan fingerprint density at radius 3 is 2.71 bits per heavy atom. The van der Waals surface area contributed by atoms with Crippen molar-refractivity contribution in [3.63, 3.8) is 0 Å². The molecule has 21 heavy (non-hydrogen) atoms. The van der Waals surface area contributed by atoms with Gasteiger partial charge < -0.3 is 15.0 Å². The van der Waals surface area contributed by atoms with Crippen LogP contribution in [0.25, 0.3) is 0 Å². The minimum atomic E-state index is -1.01. The molecule has 1 aromatic heterocycles. The van der Waals surface area contributed by atoms with Crippen molar-refractivity contribution in [2.45, 2.75) is 45.6 Å². The number of aromatic nitrogens is 1. The van der Waals surface area contributed by atoms with Crippen LogP contribution in [-0.2, 0) is 11.3 Å². The van der Waals surface area contributed by atoms with E-state index in [1.165, 1.54) is 36.3 Å². The van der Waals surface area contributed by atoms with Crippen LogP contribution in [0.4, 0.5) is 0 Å². The predicted molar refractivity (Wildman–Crippen MR) is 80.1 cm³/mol. The summed E-state index contributed by atoms with van der Waals surface area (Å²) in [7, 11) is 0. The molecule has 2 N–H and O–H groups in total. The number of carbonyl (C=O) groups excluding carboxylic acids is 1. The highest BCUT2D eigenvalue weighted by atomic mass is 16.4. The summed E-state index contributed by atoms with van der Waals surface area (Å²) < 4.78 is 1.46. The van der Waals surface area contributed by atoms with E-state index in [9.17, 15) is 9.59 Å². The third-order valence-electron chi connectivity index (χ3n) is 4.37. The number of aromatic carboxylic acids is 1. The molecular weight excluding hydrogens is 268 g/mol. The summed E-state index contributed by atoms with van der Waals surface area (Å²) in [4.78, 5) is 22.8. The summed E-state index contributed by atoms with van der Waals surface area (Å²) in [5.41, 5.74) is 0.145. The number of nitrogens with one attached hydrogen (secondary N) is 1. The molecule has 116 valence electrons. The Morgan fingerprint density at radius 1 is 1.33 bits per heavy atom. The van der Waals surface area contributed by atoms with E-state index in [0.717, 1.165) is 18.3 Å². The van der Waals surface area contributed by atoms with Gasteiger partial charge in [-0.3, -0.25) is 4.79 Å². The van der Waals surface area contributed by atoms with E-state index in [2.05, 4.69) is 12.2 Å². The minimum Gasteiger partial charge on any atom is -0.477 e. The van der Waals surface area contributed by atoms with Crippen molar-refractivity contribution in [1.29, 1.82) is 0 Å². The lowest BCUT2D eigenvalue weighted by molar-refractivity contribution is -0.121. The molecule has 0 aromatic carbocycles. The van der Waals surface area contributed by atoms with Gasteiger partial charge in [0.2, 0.25) is 5.91 Å². The number of nitrogens with zero attached hydrogens (tertiary/aromatic N) is 1. The van der Waals surface area contributed by atoms with Crippen LogP contribution in [0.1, 0.15) is 49.5 Å². The molecule has 0 spiro atoms. The predicted octanol–water partition coefficient (Wildman–Crippen LogP) is 2.52. The van der Waals surface area contributed by atoms with E-state index in [1.807, 2.05) is 0 Å². The van der Waals surface area contributed by atoms with Crippen LogP contribution in [0.5, 0.6) is 0 Å². The third-order valence-corrected chi connectivity index (χ3v) is 4.37. The highest BCUT2D eigenvalue weighted by Crippen LogP contribution is 2.29. The molecule has 0 saturated heterocycles.